The second kappa shape index (κ2) is 9.31. The molecule has 1 atom stereocenters. The third-order valence-corrected chi connectivity index (χ3v) is 5.38. The van der Waals surface area contributed by atoms with Gasteiger partial charge in [-0.25, -0.2) is 14.6 Å². The first kappa shape index (κ1) is 22.1. The number of hydrogen-bond acceptors (Lipinski definition) is 5. The number of nitrogens with one attached hydrogen (secondary N) is 2. The van der Waals surface area contributed by atoms with Crippen molar-refractivity contribution in [3.63, 3.8) is 0 Å². The van der Waals surface area contributed by atoms with Gasteiger partial charge in [0.25, 0.3) is 0 Å². The second-order valence-corrected chi connectivity index (χ2v) is 8.65. The number of aromatic nitrogens is 4. The fraction of sp³-hybridized carbons (Fsp3) is 0.667. The predicted molar refractivity (Wildman–Crippen MR) is 121 cm³/mol. The predicted octanol–water partition coefficient (Wildman–Crippen LogP) is 3.20. The summed E-state index contributed by atoms with van der Waals surface area (Å²) in [5, 5.41) is 14.7. The van der Waals surface area contributed by atoms with E-state index in [2.05, 4.69) is 51.9 Å². The molecule has 0 saturated carbocycles. The van der Waals surface area contributed by atoms with E-state index in [1.54, 1.807) is 18.4 Å². The second-order valence-electron chi connectivity index (χ2n) is 7.70. The number of fused-ring (bicyclic) bond motifs is 1. The van der Waals surface area contributed by atoms with Crippen molar-refractivity contribution in [2.45, 2.75) is 65.0 Å². The molecule has 3 rings (SSSR count). The molecule has 0 aromatic carbocycles. The van der Waals surface area contributed by atoms with Gasteiger partial charge in [0, 0.05) is 37.4 Å². The number of halogens is 1. The molecule has 1 aliphatic heterocycles. The van der Waals surface area contributed by atoms with Crippen molar-refractivity contribution in [3.8, 4) is 0 Å². The number of nitrogens with zero attached hydrogens (tertiary/aromatic N) is 5. The van der Waals surface area contributed by atoms with Crippen LogP contribution >= 0.6 is 35.3 Å². The molecule has 0 saturated heterocycles. The maximum Gasteiger partial charge on any atom is 0.191 e. The molecule has 9 heteroatoms. The zero-order valence-corrected chi connectivity index (χ0v) is 19.9. The lowest BCUT2D eigenvalue weighted by Crippen LogP contribution is -2.42. The Kier molecular flexibility index (Phi) is 7.61. The average molecular weight is 503 g/mol. The largest absolute Gasteiger partial charge is 0.356 e. The van der Waals surface area contributed by atoms with E-state index < -0.39 is 0 Å². The van der Waals surface area contributed by atoms with Crippen molar-refractivity contribution in [1.29, 1.82) is 0 Å². The molecule has 2 aromatic rings. The number of aliphatic imine (C=N–C) groups is 1. The van der Waals surface area contributed by atoms with Gasteiger partial charge in [-0.3, -0.25) is 4.99 Å². The molecule has 1 aliphatic rings. The first-order valence-electron chi connectivity index (χ1n) is 9.20. The van der Waals surface area contributed by atoms with Crippen LogP contribution in [0, 0.1) is 6.92 Å². The molecule has 0 aliphatic carbocycles. The standard InChI is InChI=1S/C18H29N7S.HI/c1-12-21-16-13(7-6-10-25(16)24-12)22-17(19-5)20-9-8-15-23-14(11-26-15)18(2,3)4;/h11,13H,6-10H2,1-5H3,(H2,19,20,22);1H. The highest BCUT2D eigenvalue weighted by atomic mass is 127. The fourth-order valence-corrected chi connectivity index (χ4v) is 4.05. The molecule has 150 valence electrons. The Morgan fingerprint density at radius 2 is 2.15 bits per heavy atom. The topological polar surface area (TPSA) is 80.0 Å². The molecular weight excluding hydrogens is 473 g/mol. The molecule has 0 radical (unpaired) electrons. The summed E-state index contributed by atoms with van der Waals surface area (Å²) >= 11 is 1.73. The Labute approximate surface area is 182 Å². The van der Waals surface area contributed by atoms with Crippen molar-refractivity contribution < 1.29 is 0 Å². The van der Waals surface area contributed by atoms with Gasteiger partial charge in [-0.2, -0.15) is 5.10 Å². The van der Waals surface area contributed by atoms with Gasteiger partial charge in [-0.05, 0) is 19.8 Å². The molecule has 1 unspecified atom stereocenters. The zero-order chi connectivity index (χ0) is 18.7. The van der Waals surface area contributed by atoms with E-state index in [1.807, 2.05) is 11.6 Å². The van der Waals surface area contributed by atoms with Crippen LogP contribution in [0.25, 0.3) is 0 Å². The van der Waals surface area contributed by atoms with E-state index in [0.29, 0.717) is 0 Å². The van der Waals surface area contributed by atoms with Crippen LogP contribution in [0.1, 0.15) is 62.0 Å². The molecule has 7 nitrogen and oxygen atoms in total. The van der Waals surface area contributed by atoms with E-state index in [-0.39, 0.29) is 35.4 Å². The van der Waals surface area contributed by atoms with Crippen LogP contribution in [0.5, 0.6) is 0 Å². The molecule has 2 N–H and O–H groups in total. The maximum atomic E-state index is 4.75. The molecule has 3 heterocycles. The zero-order valence-electron chi connectivity index (χ0n) is 16.7. The smallest absolute Gasteiger partial charge is 0.191 e. The highest BCUT2D eigenvalue weighted by Crippen LogP contribution is 2.24. The average Bonchev–Trinajstić information content (AvgIpc) is 3.19. The van der Waals surface area contributed by atoms with Crippen LogP contribution in [0.4, 0.5) is 0 Å². The van der Waals surface area contributed by atoms with E-state index >= 15 is 0 Å². The highest BCUT2D eigenvalue weighted by molar-refractivity contribution is 14.0. The summed E-state index contributed by atoms with van der Waals surface area (Å²) in [5.41, 5.74) is 1.27. The maximum absolute atomic E-state index is 4.75. The summed E-state index contributed by atoms with van der Waals surface area (Å²) in [6, 6.07) is 0.156. The Balaban J connectivity index is 0.00000261. The van der Waals surface area contributed by atoms with Gasteiger partial charge in [0.2, 0.25) is 0 Å². The van der Waals surface area contributed by atoms with Crippen molar-refractivity contribution in [3.05, 3.63) is 27.7 Å². The van der Waals surface area contributed by atoms with Gasteiger partial charge in [-0.15, -0.1) is 35.3 Å². The van der Waals surface area contributed by atoms with Crippen LogP contribution in [0.15, 0.2) is 10.4 Å². The Hall–Kier alpha value is -1.23. The van der Waals surface area contributed by atoms with Crippen LogP contribution in [-0.4, -0.2) is 39.3 Å². The van der Waals surface area contributed by atoms with Gasteiger partial charge in [0.15, 0.2) is 5.96 Å². The van der Waals surface area contributed by atoms with Crippen molar-refractivity contribution in [2.24, 2.45) is 4.99 Å². The lowest BCUT2D eigenvalue weighted by atomic mass is 9.93. The van der Waals surface area contributed by atoms with E-state index in [0.717, 1.165) is 60.7 Å². The first-order chi connectivity index (χ1) is 12.4. The molecule has 0 bridgehead atoms. The molecule has 0 fully saturated rings. The molecular formula is C18H30IN7S. The van der Waals surface area contributed by atoms with Crippen LogP contribution in [0.2, 0.25) is 0 Å². The third-order valence-electron chi connectivity index (χ3n) is 4.47. The van der Waals surface area contributed by atoms with Crippen molar-refractivity contribution >= 4 is 41.3 Å². The summed E-state index contributed by atoms with van der Waals surface area (Å²) in [4.78, 5) is 13.7. The van der Waals surface area contributed by atoms with E-state index in [4.69, 9.17) is 4.98 Å². The van der Waals surface area contributed by atoms with Crippen LogP contribution < -0.4 is 10.6 Å². The monoisotopic (exact) mass is 503 g/mol. The lowest BCUT2D eigenvalue weighted by molar-refractivity contribution is 0.398. The number of rotatable bonds is 4. The van der Waals surface area contributed by atoms with Crippen molar-refractivity contribution in [1.82, 2.24) is 30.4 Å². The summed E-state index contributed by atoms with van der Waals surface area (Å²) < 4.78 is 2.01. The first-order valence-corrected chi connectivity index (χ1v) is 10.1. The third kappa shape index (κ3) is 5.63. The Morgan fingerprint density at radius 1 is 1.37 bits per heavy atom. The molecule has 27 heavy (non-hydrogen) atoms. The molecule has 0 amide bonds. The van der Waals surface area contributed by atoms with Crippen LogP contribution in [0.3, 0.4) is 0 Å². The number of hydrogen-bond donors (Lipinski definition) is 2. The summed E-state index contributed by atoms with van der Waals surface area (Å²) in [6.07, 6.45) is 3.03. The number of aryl methyl sites for hydroxylation is 2. The normalized spacial score (nSPS) is 17.2. The van der Waals surface area contributed by atoms with E-state index in [1.165, 1.54) is 0 Å². The minimum absolute atomic E-state index is 0. The summed E-state index contributed by atoms with van der Waals surface area (Å²) in [6.45, 7) is 10.3. The summed E-state index contributed by atoms with van der Waals surface area (Å²) in [7, 11) is 1.80. The quantitative estimate of drug-likeness (QED) is 0.381. The Bertz CT molecular complexity index is 775. The van der Waals surface area contributed by atoms with Gasteiger partial charge < -0.3 is 10.6 Å². The SMILES string of the molecule is CN=C(NCCc1nc(C(C)(C)C)cs1)NC1CCCn2nc(C)nc21.I. The molecule has 2 aromatic heterocycles. The number of thiazole rings is 1. The minimum atomic E-state index is 0. The minimum Gasteiger partial charge on any atom is -0.356 e. The fourth-order valence-electron chi connectivity index (χ4n) is 3.02. The summed E-state index contributed by atoms with van der Waals surface area (Å²) in [5.74, 6) is 2.64. The van der Waals surface area contributed by atoms with Crippen LogP contribution in [-0.2, 0) is 18.4 Å². The van der Waals surface area contributed by atoms with Gasteiger partial charge in [-0.1, -0.05) is 20.8 Å². The van der Waals surface area contributed by atoms with Gasteiger partial charge in [0.05, 0.1) is 16.7 Å². The van der Waals surface area contributed by atoms with Crippen molar-refractivity contribution in [2.75, 3.05) is 13.6 Å². The van der Waals surface area contributed by atoms with Gasteiger partial charge in [0.1, 0.15) is 11.6 Å². The van der Waals surface area contributed by atoms with E-state index in [9.17, 15) is 0 Å². The highest BCUT2D eigenvalue weighted by Gasteiger charge is 2.24. The number of guanidine groups is 1. The Morgan fingerprint density at radius 3 is 2.81 bits per heavy atom. The molecule has 0 spiro atoms. The van der Waals surface area contributed by atoms with Gasteiger partial charge >= 0.3 is 0 Å². The lowest BCUT2D eigenvalue weighted by Gasteiger charge is -2.24.